The summed E-state index contributed by atoms with van der Waals surface area (Å²) in [6.45, 7) is 3.93. The van der Waals surface area contributed by atoms with Crippen LogP contribution in [0.2, 0.25) is 0 Å². The molecule has 1 aliphatic heterocycles. The van der Waals surface area contributed by atoms with E-state index in [2.05, 4.69) is 66.0 Å². The van der Waals surface area contributed by atoms with Gasteiger partial charge in [-0.15, -0.1) is 0 Å². The zero-order valence-electron chi connectivity index (χ0n) is 14.5. The lowest BCUT2D eigenvalue weighted by Gasteiger charge is -2.30. The van der Waals surface area contributed by atoms with Crippen LogP contribution in [0.15, 0.2) is 60.7 Å². The number of hydrogen-bond acceptors (Lipinski definition) is 2. The topological polar surface area (TPSA) is 21.3 Å². The van der Waals surface area contributed by atoms with E-state index in [0.717, 1.165) is 38.1 Å². The van der Waals surface area contributed by atoms with Crippen molar-refractivity contribution in [3.8, 4) is 0 Å². The smallest absolute Gasteiger partial charge is 0.0468 e. The Morgan fingerprint density at radius 2 is 1.50 bits per heavy atom. The molecular weight excluding hydrogens is 294 g/mol. The third-order valence-corrected chi connectivity index (χ3v) is 5.14. The average Bonchev–Trinajstić information content (AvgIpc) is 2.66. The Morgan fingerprint density at radius 1 is 0.875 bits per heavy atom. The van der Waals surface area contributed by atoms with Gasteiger partial charge in [-0.3, -0.25) is 0 Å². The average molecular weight is 323 g/mol. The van der Waals surface area contributed by atoms with Crippen molar-refractivity contribution in [3.05, 3.63) is 71.8 Å². The van der Waals surface area contributed by atoms with E-state index in [0.29, 0.717) is 0 Å². The maximum atomic E-state index is 5.57. The van der Waals surface area contributed by atoms with Gasteiger partial charge in [-0.05, 0) is 55.2 Å². The Balaban J connectivity index is 1.51. The van der Waals surface area contributed by atoms with Gasteiger partial charge in [0.05, 0.1) is 0 Å². The fourth-order valence-electron chi connectivity index (χ4n) is 3.72. The molecule has 1 N–H and O–H groups in total. The van der Waals surface area contributed by atoms with Crippen LogP contribution in [0.1, 0.15) is 30.4 Å². The van der Waals surface area contributed by atoms with Crippen LogP contribution < -0.4 is 5.32 Å². The van der Waals surface area contributed by atoms with E-state index in [1.165, 1.54) is 36.8 Å². The van der Waals surface area contributed by atoms with Crippen LogP contribution in [0.4, 0.5) is 0 Å². The summed E-state index contributed by atoms with van der Waals surface area (Å²) in [6, 6.07) is 21.6. The summed E-state index contributed by atoms with van der Waals surface area (Å²) in [5, 5.41) is 3.63. The highest BCUT2D eigenvalue weighted by atomic mass is 16.5. The van der Waals surface area contributed by atoms with Gasteiger partial charge in [-0.2, -0.15) is 0 Å². The fraction of sp³-hybridized carbons (Fsp3) is 0.455. The second kappa shape index (κ2) is 9.61. The molecule has 0 bridgehead atoms. The lowest BCUT2D eigenvalue weighted by Crippen LogP contribution is -2.28. The van der Waals surface area contributed by atoms with Crippen molar-refractivity contribution in [1.82, 2.24) is 5.32 Å². The second-order valence-electron chi connectivity index (χ2n) is 6.85. The molecule has 0 spiro atoms. The first kappa shape index (κ1) is 17.2. The molecule has 128 valence electrons. The standard InChI is InChI=1S/C22H29NO/c1-3-7-19(8-4-1)17-22(21-12-15-24-16-13-21)11-14-23-18-20-9-5-2-6-10-20/h1-10,21-23H,11-18H2. The molecule has 1 unspecified atom stereocenters. The number of hydrogen-bond donors (Lipinski definition) is 1. The first-order valence-electron chi connectivity index (χ1n) is 9.28. The van der Waals surface area contributed by atoms with Crippen molar-refractivity contribution < 1.29 is 4.74 Å². The van der Waals surface area contributed by atoms with E-state index < -0.39 is 0 Å². The minimum Gasteiger partial charge on any atom is -0.381 e. The summed E-state index contributed by atoms with van der Waals surface area (Å²) in [5.74, 6) is 1.55. The van der Waals surface area contributed by atoms with Gasteiger partial charge in [0.25, 0.3) is 0 Å². The van der Waals surface area contributed by atoms with Gasteiger partial charge in [0.1, 0.15) is 0 Å². The first-order valence-corrected chi connectivity index (χ1v) is 9.28. The Labute approximate surface area is 146 Å². The summed E-state index contributed by atoms with van der Waals surface area (Å²) >= 11 is 0. The molecule has 2 nitrogen and oxygen atoms in total. The molecule has 2 heteroatoms. The lowest BCUT2D eigenvalue weighted by molar-refractivity contribution is 0.0449. The van der Waals surface area contributed by atoms with Crippen molar-refractivity contribution in [2.45, 2.75) is 32.2 Å². The minimum absolute atomic E-state index is 0.750. The summed E-state index contributed by atoms with van der Waals surface area (Å²) in [4.78, 5) is 0. The second-order valence-corrected chi connectivity index (χ2v) is 6.85. The van der Waals surface area contributed by atoms with Crippen LogP contribution in [0, 0.1) is 11.8 Å². The van der Waals surface area contributed by atoms with E-state index in [4.69, 9.17) is 4.74 Å². The summed E-state index contributed by atoms with van der Waals surface area (Å²) < 4.78 is 5.57. The van der Waals surface area contributed by atoms with Crippen LogP contribution in [0.3, 0.4) is 0 Å². The Hall–Kier alpha value is -1.64. The molecule has 1 fully saturated rings. The zero-order valence-corrected chi connectivity index (χ0v) is 14.5. The quantitative estimate of drug-likeness (QED) is 0.725. The van der Waals surface area contributed by atoms with Crippen LogP contribution in [0.5, 0.6) is 0 Å². The molecule has 1 aliphatic rings. The molecule has 1 heterocycles. The Kier molecular flexibility index (Phi) is 6.88. The molecule has 1 atom stereocenters. The van der Waals surface area contributed by atoms with Gasteiger partial charge in [0, 0.05) is 19.8 Å². The van der Waals surface area contributed by atoms with E-state index in [-0.39, 0.29) is 0 Å². The highest BCUT2D eigenvalue weighted by molar-refractivity contribution is 5.16. The van der Waals surface area contributed by atoms with E-state index in [9.17, 15) is 0 Å². The first-order chi connectivity index (χ1) is 11.9. The highest BCUT2D eigenvalue weighted by Crippen LogP contribution is 2.29. The molecule has 0 saturated carbocycles. The maximum Gasteiger partial charge on any atom is 0.0468 e. The van der Waals surface area contributed by atoms with Crippen LogP contribution in [-0.2, 0) is 17.7 Å². The van der Waals surface area contributed by atoms with E-state index in [1.807, 2.05) is 0 Å². The normalized spacial score (nSPS) is 16.8. The van der Waals surface area contributed by atoms with Crippen molar-refractivity contribution in [3.63, 3.8) is 0 Å². The third kappa shape index (κ3) is 5.47. The SMILES string of the molecule is c1ccc(CNCCC(Cc2ccccc2)C2CCOCC2)cc1. The Bertz CT molecular complexity index is 563. The van der Waals surface area contributed by atoms with E-state index in [1.54, 1.807) is 0 Å². The molecule has 0 radical (unpaired) electrons. The molecule has 3 rings (SSSR count). The predicted octanol–water partition coefficient (Wildman–Crippen LogP) is 4.45. The highest BCUT2D eigenvalue weighted by Gasteiger charge is 2.23. The molecule has 0 aliphatic carbocycles. The fourth-order valence-corrected chi connectivity index (χ4v) is 3.72. The van der Waals surface area contributed by atoms with Gasteiger partial charge >= 0.3 is 0 Å². The largest absolute Gasteiger partial charge is 0.381 e. The molecule has 0 amide bonds. The van der Waals surface area contributed by atoms with Gasteiger partial charge in [-0.1, -0.05) is 60.7 Å². The summed E-state index contributed by atoms with van der Waals surface area (Å²) in [5.41, 5.74) is 2.83. The van der Waals surface area contributed by atoms with Crippen LogP contribution >= 0.6 is 0 Å². The number of nitrogens with one attached hydrogen (secondary N) is 1. The zero-order chi connectivity index (χ0) is 16.5. The predicted molar refractivity (Wildman–Crippen MR) is 99.9 cm³/mol. The molecule has 0 aromatic heterocycles. The van der Waals surface area contributed by atoms with Gasteiger partial charge < -0.3 is 10.1 Å². The van der Waals surface area contributed by atoms with Crippen molar-refractivity contribution in [1.29, 1.82) is 0 Å². The monoisotopic (exact) mass is 323 g/mol. The van der Waals surface area contributed by atoms with Crippen molar-refractivity contribution in [2.24, 2.45) is 11.8 Å². The van der Waals surface area contributed by atoms with Crippen molar-refractivity contribution >= 4 is 0 Å². The lowest BCUT2D eigenvalue weighted by atomic mass is 9.80. The van der Waals surface area contributed by atoms with Gasteiger partial charge in [0.15, 0.2) is 0 Å². The van der Waals surface area contributed by atoms with Gasteiger partial charge in [0.2, 0.25) is 0 Å². The molecule has 1 saturated heterocycles. The Morgan fingerprint density at radius 3 is 2.17 bits per heavy atom. The van der Waals surface area contributed by atoms with Gasteiger partial charge in [-0.25, -0.2) is 0 Å². The summed E-state index contributed by atoms with van der Waals surface area (Å²) in [6.07, 6.45) is 4.87. The third-order valence-electron chi connectivity index (χ3n) is 5.14. The number of ether oxygens (including phenoxy) is 1. The minimum atomic E-state index is 0.750. The maximum absolute atomic E-state index is 5.57. The van der Waals surface area contributed by atoms with Crippen molar-refractivity contribution in [2.75, 3.05) is 19.8 Å². The molecular formula is C22H29NO. The summed E-state index contributed by atoms with van der Waals surface area (Å²) in [7, 11) is 0. The molecule has 2 aromatic rings. The number of benzene rings is 2. The molecule has 2 aromatic carbocycles. The molecule has 24 heavy (non-hydrogen) atoms. The van der Waals surface area contributed by atoms with E-state index >= 15 is 0 Å². The van der Waals surface area contributed by atoms with Crippen LogP contribution in [0.25, 0.3) is 0 Å². The van der Waals surface area contributed by atoms with Crippen LogP contribution in [-0.4, -0.2) is 19.8 Å². The number of rotatable bonds is 8.